The molecule has 0 aliphatic carbocycles. The van der Waals surface area contributed by atoms with Gasteiger partial charge in [0.25, 0.3) is 0 Å². The van der Waals surface area contributed by atoms with Crippen LogP contribution < -0.4 is 14.2 Å². The molecule has 0 unspecified atom stereocenters. The summed E-state index contributed by atoms with van der Waals surface area (Å²) in [6.45, 7) is 1.84. The summed E-state index contributed by atoms with van der Waals surface area (Å²) < 4.78 is 15.6. The molecule has 0 bridgehead atoms. The van der Waals surface area contributed by atoms with Gasteiger partial charge in [-0.1, -0.05) is 11.6 Å². The van der Waals surface area contributed by atoms with E-state index in [2.05, 4.69) is 0 Å². The summed E-state index contributed by atoms with van der Waals surface area (Å²) in [5, 5.41) is 0.626. The Morgan fingerprint density at radius 1 is 1.00 bits per heavy atom. The Labute approximate surface area is 128 Å². The molecule has 5 heteroatoms. The summed E-state index contributed by atoms with van der Waals surface area (Å²) in [6.07, 6.45) is 0. The molecule has 2 aromatic carbocycles. The van der Waals surface area contributed by atoms with Gasteiger partial charge < -0.3 is 14.2 Å². The van der Waals surface area contributed by atoms with Gasteiger partial charge in [-0.05, 0) is 48.9 Å². The van der Waals surface area contributed by atoms with Crippen LogP contribution in [0.5, 0.6) is 17.2 Å². The molecule has 0 spiro atoms. The maximum Gasteiger partial charge on any atom is 0.343 e. The third-order valence-corrected chi connectivity index (χ3v) is 3.38. The molecule has 0 saturated carbocycles. The Hall–Kier alpha value is -2.20. The first-order valence-electron chi connectivity index (χ1n) is 6.25. The molecule has 0 aromatic heterocycles. The van der Waals surface area contributed by atoms with Crippen LogP contribution in [0.25, 0.3) is 0 Å². The van der Waals surface area contributed by atoms with Gasteiger partial charge in [0.15, 0.2) is 11.5 Å². The van der Waals surface area contributed by atoms with Crippen LogP contribution in [0.4, 0.5) is 0 Å². The largest absolute Gasteiger partial charge is 0.493 e. The molecule has 0 N–H and O–H groups in total. The van der Waals surface area contributed by atoms with E-state index in [1.807, 2.05) is 6.92 Å². The van der Waals surface area contributed by atoms with Crippen LogP contribution in [0, 0.1) is 6.92 Å². The van der Waals surface area contributed by atoms with Crippen molar-refractivity contribution in [1.29, 1.82) is 0 Å². The second kappa shape index (κ2) is 6.50. The molecular formula is C16H15ClO4. The van der Waals surface area contributed by atoms with Crippen LogP contribution in [0.1, 0.15) is 15.9 Å². The number of halogens is 1. The van der Waals surface area contributed by atoms with E-state index in [1.54, 1.807) is 36.4 Å². The molecule has 0 saturated heterocycles. The lowest BCUT2D eigenvalue weighted by atomic mass is 10.2. The van der Waals surface area contributed by atoms with Gasteiger partial charge in [0, 0.05) is 5.02 Å². The highest BCUT2D eigenvalue weighted by Gasteiger charge is 2.13. The Morgan fingerprint density at radius 3 is 2.33 bits per heavy atom. The number of hydrogen-bond acceptors (Lipinski definition) is 4. The van der Waals surface area contributed by atoms with Crippen molar-refractivity contribution in [3.8, 4) is 17.2 Å². The molecular weight excluding hydrogens is 292 g/mol. The Balaban J connectivity index is 2.21. The van der Waals surface area contributed by atoms with Crippen LogP contribution in [-0.2, 0) is 0 Å². The quantitative estimate of drug-likeness (QED) is 0.635. The van der Waals surface area contributed by atoms with Gasteiger partial charge >= 0.3 is 5.97 Å². The van der Waals surface area contributed by atoms with Gasteiger partial charge in [-0.25, -0.2) is 4.79 Å². The lowest BCUT2D eigenvalue weighted by Gasteiger charge is -2.10. The highest BCUT2D eigenvalue weighted by molar-refractivity contribution is 6.31. The lowest BCUT2D eigenvalue weighted by molar-refractivity contribution is 0.0734. The van der Waals surface area contributed by atoms with E-state index in [0.717, 1.165) is 5.56 Å². The third kappa shape index (κ3) is 3.47. The monoisotopic (exact) mass is 306 g/mol. The number of carbonyl (C=O) groups is 1. The van der Waals surface area contributed by atoms with E-state index in [4.69, 9.17) is 25.8 Å². The number of carbonyl (C=O) groups excluding carboxylic acids is 1. The molecule has 110 valence electrons. The fraction of sp³-hybridized carbons (Fsp3) is 0.188. The number of ether oxygens (including phenoxy) is 3. The lowest BCUT2D eigenvalue weighted by Crippen LogP contribution is -2.09. The molecule has 2 aromatic rings. The maximum atomic E-state index is 12.1. The summed E-state index contributed by atoms with van der Waals surface area (Å²) in [4.78, 5) is 12.1. The van der Waals surface area contributed by atoms with Crippen LogP contribution in [0.3, 0.4) is 0 Å². The normalized spacial score (nSPS) is 10.1. The van der Waals surface area contributed by atoms with Gasteiger partial charge in [-0.2, -0.15) is 0 Å². The molecule has 0 aliphatic rings. The Morgan fingerprint density at radius 2 is 1.71 bits per heavy atom. The third-order valence-electron chi connectivity index (χ3n) is 2.96. The Kier molecular flexibility index (Phi) is 4.70. The van der Waals surface area contributed by atoms with Crippen molar-refractivity contribution in [2.45, 2.75) is 6.92 Å². The minimum absolute atomic E-state index is 0.375. The van der Waals surface area contributed by atoms with Crippen molar-refractivity contribution >= 4 is 17.6 Å². The van der Waals surface area contributed by atoms with Crippen molar-refractivity contribution in [2.24, 2.45) is 0 Å². The number of hydrogen-bond donors (Lipinski definition) is 0. The number of aryl methyl sites for hydroxylation is 1. The van der Waals surface area contributed by atoms with Crippen LogP contribution in [0.2, 0.25) is 5.02 Å². The number of methoxy groups -OCH3 is 2. The summed E-state index contributed by atoms with van der Waals surface area (Å²) in [6, 6.07) is 9.89. The summed E-state index contributed by atoms with van der Waals surface area (Å²) in [7, 11) is 3.04. The molecule has 4 nitrogen and oxygen atoms in total. The average molecular weight is 307 g/mol. The van der Waals surface area contributed by atoms with Crippen molar-refractivity contribution < 1.29 is 19.0 Å². The van der Waals surface area contributed by atoms with Gasteiger partial charge in [0.2, 0.25) is 0 Å². The maximum absolute atomic E-state index is 12.1. The molecule has 21 heavy (non-hydrogen) atoms. The molecule has 0 heterocycles. The number of benzene rings is 2. The van der Waals surface area contributed by atoms with Gasteiger partial charge in [-0.15, -0.1) is 0 Å². The standard InChI is InChI=1S/C16H15ClO4/c1-10-8-12(5-6-13(10)17)21-16(18)11-4-7-14(19-2)15(9-11)20-3/h4-9H,1-3H3. The van der Waals surface area contributed by atoms with Crippen molar-refractivity contribution in [2.75, 3.05) is 14.2 Å². The number of rotatable bonds is 4. The van der Waals surface area contributed by atoms with Crippen LogP contribution in [0.15, 0.2) is 36.4 Å². The fourth-order valence-corrected chi connectivity index (χ4v) is 1.93. The zero-order valence-corrected chi connectivity index (χ0v) is 12.7. The van der Waals surface area contributed by atoms with E-state index in [-0.39, 0.29) is 0 Å². The molecule has 0 atom stereocenters. The summed E-state index contributed by atoms with van der Waals surface area (Å²) in [5.74, 6) is 0.991. The second-order valence-corrected chi connectivity index (χ2v) is 4.78. The summed E-state index contributed by atoms with van der Waals surface area (Å²) >= 11 is 5.94. The molecule has 0 aliphatic heterocycles. The van der Waals surface area contributed by atoms with Crippen LogP contribution >= 0.6 is 11.6 Å². The molecule has 0 fully saturated rings. The van der Waals surface area contributed by atoms with E-state index in [9.17, 15) is 4.79 Å². The second-order valence-electron chi connectivity index (χ2n) is 4.37. The Bertz CT molecular complexity index is 667. The molecule has 0 radical (unpaired) electrons. The first kappa shape index (κ1) is 15.2. The smallest absolute Gasteiger partial charge is 0.343 e. The number of esters is 1. The topological polar surface area (TPSA) is 44.8 Å². The highest BCUT2D eigenvalue weighted by atomic mass is 35.5. The van der Waals surface area contributed by atoms with Gasteiger partial charge in [0.05, 0.1) is 19.8 Å². The average Bonchev–Trinajstić information content (AvgIpc) is 2.50. The van der Waals surface area contributed by atoms with E-state index >= 15 is 0 Å². The van der Waals surface area contributed by atoms with Crippen molar-refractivity contribution in [1.82, 2.24) is 0 Å². The zero-order chi connectivity index (χ0) is 15.4. The van der Waals surface area contributed by atoms with Crippen molar-refractivity contribution in [3.05, 3.63) is 52.5 Å². The van der Waals surface area contributed by atoms with E-state index in [1.165, 1.54) is 14.2 Å². The van der Waals surface area contributed by atoms with Crippen LogP contribution in [-0.4, -0.2) is 20.2 Å². The fourth-order valence-electron chi connectivity index (χ4n) is 1.81. The SMILES string of the molecule is COc1ccc(C(=O)Oc2ccc(Cl)c(C)c2)cc1OC. The summed E-state index contributed by atoms with van der Waals surface area (Å²) in [5.41, 5.74) is 1.22. The van der Waals surface area contributed by atoms with Gasteiger partial charge in [-0.3, -0.25) is 0 Å². The predicted molar refractivity (Wildman–Crippen MR) is 80.7 cm³/mol. The minimum atomic E-state index is -0.474. The highest BCUT2D eigenvalue weighted by Crippen LogP contribution is 2.28. The van der Waals surface area contributed by atoms with E-state index < -0.39 is 5.97 Å². The molecule has 0 amide bonds. The minimum Gasteiger partial charge on any atom is -0.493 e. The molecule has 2 rings (SSSR count). The first-order valence-corrected chi connectivity index (χ1v) is 6.63. The predicted octanol–water partition coefficient (Wildman–Crippen LogP) is 3.88. The first-order chi connectivity index (χ1) is 10.0. The van der Waals surface area contributed by atoms with Gasteiger partial charge in [0.1, 0.15) is 5.75 Å². The van der Waals surface area contributed by atoms with E-state index in [0.29, 0.717) is 27.8 Å². The zero-order valence-electron chi connectivity index (χ0n) is 12.0. The van der Waals surface area contributed by atoms with Crippen molar-refractivity contribution in [3.63, 3.8) is 0 Å².